The molecule has 18 heavy (non-hydrogen) atoms. The highest BCUT2D eigenvalue weighted by atomic mass is 16.4. The third kappa shape index (κ3) is 2.52. The highest BCUT2D eigenvalue weighted by Gasteiger charge is 2.53. The molecule has 1 fully saturated rings. The van der Waals surface area contributed by atoms with Crippen LogP contribution in [0.1, 0.15) is 47.0 Å². The summed E-state index contributed by atoms with van der Waals surface area (Å²) in [5, 5.41) is 18.7. The molecule has 0 heterocycles. The third-order valence-corrected chi connectivity index (χ3v) is 4.65. The molecule has 3 atom stereocenters. The standard InChI is InChI=1S/C14H24O4/c1-8(2)10-6-5-9(3)7-11(10)14(4,12(15)16)13(17)18/h8-11H,5-7H2,1-4H3,(H,15,16)(H,17,18)/t9-,10+,11-/m1/s1. The average molecular weight is 256 g/mol. The van der Waals surface area contributed by atoms with E-state index in [1.165, 1.54) is 6.92 Å². The smallest absolute Gasteiger partial charge is 0.321 e. The Hall–Kier alpha value is -1.06. The molecule has 0 amide bonds. The fourth-order valence-electron chi connectivity index (χ4n) is 3.27. The first kappa shape index (κ1) is 15.0. The lowest BCUT2D eigenvalue weighted by Crippen LogP contribution is -2.49. The maximum Gasteiger partial charge on any atom is 0.321 e. The van der Waals surface area contributed by atoms with Gasteiger partial charge >= 0.3 is 11.9 Å². The van der Waals surface area contributed by atoms with Crippen LogP contribution in [0, 0.1) is 29.1 Å². The Labute approximate surface area is 108 Å². The normalized spacial score (nSPS) is 29.3. The van der Waals surface area contributed by atoms with E-state index < -0.39 is 17.4 Å². The summed E-state index contributed by atoms with van der Waals surface area (Å²) in [6, 6.07) is 0. The fraction of sp³-hybridized carbons (Fsp3) is 0.857. The lowest BCUT2D eigenvalue weighted by molar-refractivity contribution is -0.172. The van der Waals surface area contributed by atoms with Crippen molar-refractivity contribution in [2.24, 2.45) is 29.1 Å². The summed E-state index contributed by atoms with van der Waals surface area (Å²) < 4.78 is 0. The Morgan fingerprint density at radius 1 is 1.17 bits per heavy atom. The molecule has 2 N–H and O–H groups in total. The molecule has 0 aromatic rings. The van der Waals surface area contributed by atoms with Crippen LogP contribution < -0.4 is 0 Å². The fourth-order valence-corrected chi connectivity index (χ4v) is 3.27. The Bertz CT molecular complexity index is 321. The minimum Gasteiger partial charge on any atom is -0.480 e. The van der Waals surface area contributed by atoms with Crippen molar-refractivity contribution in [3.63, 3.8) is 0 Å². The van der Waals surface area contributed by atoms with E-state index in [0.29, 0.717) is 18.3 Å². The van der Waals surface area contributed by atoms with Crippen LogP contribution in [0.4, 0.5) is 0 Å². The first-order valence-corrected chi connectivity index (χ1v) is 6.68. The zero-order valence-electron chi connectivity index (χ0n) is 11.6. The zero-order valence-corrected chi connectivity index (χ0v) is 11.6. The molecule has 1 saturated carbocycles. The second-order valence-electron chi connectivity index (χ2n) is 6.25. The van der Waals surface area contributed by atoms with Crippen LogP contribution in [0.15, 0.2) is 0 Å². The summed E-state index contributed by atoms with van der Waals surface area (Å²) in [5.41, 5.74) is -1.66. The second kappa shape index (κ2) is 5.29. The number of hydrogen-bond acceptors (Lipinski definition) is 2. The van der Waals surface area contributed by atoms with Crippen LogP contribution in [0.5, 0.6) is 0 Å². The highest BCUT2D eigenvalue weighted by Crippen LogP contribution is 2.47. The van der Waals surface area contributed by atoms with Crippen LogP contribution >= 0.6 is 0 Å². The highest BCUT2D eigenvalue weighted by molar-refractivity contribution is 5.98. The molecule has 104 valence electrons. The van der Waals surface area contributed by atoms with Gasteiger partial charge < -0.3 is 10.2 Å². The number of aliphatic carboxylic acids is 2. The summed E-state index contributed by atoms with van der Waals surface area (Å²) in [5.74, 6) is -1.79. The van der Waals surface area contributed by atoms with Crippen molar-refractivity contribution in [1.29, 1.82) is 0 Å². The molecule has 0 aliphatic heterocycles. The Morgan fingerprint density at radius 3 is 2.06 bits per heavy atom. The predicted molar refractivity (Wildman–Crippen MR) is 68.2 cm³/mol. The Balaban J connectivity index is 3.13. The lowest BCUT2D eigenvalue weighted by atomic mass is 9.59. The molecule has 0 aromatic carbocycles. The van der Waals surface area contributed by atoms with Crippen molar-refractivity contribution in [3.8, 4) is 0 Å². The van der Waals surface area contributed by atoms with Gasteiger partial charge in [0, 0.05) is 0 Å². The minimum atomic E-state index is -1.66. The quantitative estimate of drug-likeness (QED) is 0.758. The number of carboxylic acid groups (broad SMARTS) is 2. The SMILES string of the molecule is CC(C)[C@@H]1CC[C@@H](C)C[C@H]1C(C)(C(=O)O)C(=O)O. The van der Waals surface area contributed by atoms with E-state index in [9.17, 15) is 19.8 Å². The minimum absolute atomic E-state index is 0.179. The van der Waals surface area contributed by atoms with Gasteiger partial charge in [0.05, 0.1) is 0 Å². The summed E-state index contributed by atoms with van der Waals surface area (Å²) in [6.45, 7) is 7.55. The van der Waals surface area contributed by atoms with E-state index in [0.717, 1.165) is 12.8 Å². The molecule has 0 spiro atoms. The van der Waals surface area contributed by atoms with Crippen LogP contribution in [-0.4, -0.2) is 22.2 Å². The Kier molecular flexibility index (Phi) is 4.41. The summed E-state index contributed by atoms with van der Waals surface area (Å²) in [7, 11) is 0. The molecule has 0 bridgehead atoms. The van der Waals surface area contributed by atoms with Gasteiger partial charge in [-0.2, -0.15) is 0 Å². The first-order valence-electron chi connectivity index (χ1n) is 6.68. The van der Waals surface area contributed by atoms with Crippen molar-refractivity contribution in [1.82, 2.24) is 0 Å². The van der Waals surface area contributed by atoms with Crippen molar-refractivity contribution < 1.29 is 19.8 Å². The molecule has 1 aliphatic rings. The van der Waals surface area contributed by atoms with Crippen molar-refractivity contribution in [3.05, 3.63) is 0 Å². The van der Waals surface area contributed by atoms with E-state index >= 15 is 0 Å². The molecule has 1 rings (SSSR count). The van der Waals surface area contributed by atoms with Gasteiger partial charge in [0.15, 0.2) is 5.41 Å². The molecule has 1 aliphatic carbocycles. The number of carbonyl (C=O) groups is 2. The van der Waals surface area contributed by atoms with Crippen molar-refractivity contribution in [2.75, 3.05) is 0 Å². The van der Waals surface area contributed by atoms with Gasteiger partial charge in [-0.3, -0.25) is 9.59 Å². The molecule has 0 aromatic heterocycles. The molecule has 0 radical (unpaired) electrons. The average Bonchev–Trinajstić information content (AvgIpc) is 2.26. The maximum atomic E-state index is 11.5. The third-order valence-electron chi connectivity index (χ3n) is 4.65. The molecule has 0 saturated heterocycles. The van der Waals surface area contributed by atoms with E-state index in [1.54, 1.807) is 0 Å². The van der Waals surface area contributed by atoms with Crippen LogP contribution in [0.2, 0.25) is 0 Å². The lowest BCUT2D eigenvalue weighted by Gasteiger charge is -2.43. The van der Waals surface area contributed by atoms with Crippen LogP contribution in [-0.2, 0) is 9.59 Å². The first-order chi connectivity index (χ1) is 8.21. The van der Waals surface area contributed by atoms with Crippen LogP contribution in [0.25, 0.3) is 0 Å². The molecular formula is C14H24O4. The summed E-state index contributed by atoms with van der Waals surface area (Å²) in [6.07, 6.45) is 2.69. The molecule has 4 heteroatoms. The van der Waals surface area contributed by atoms with Crippen molar-refractivity contribution in [2.45, 2.75) is 47.0 Å². The molecule has 4 nitrogen and oxygen atoms in total. The van der Waals surface area contributed by atoms with Crippen LogP contribution in [0.3, 0.4) is 0 Å². The predicted octanol–water partition coefficient (Wildman–Crippen LogP) is 2.87. The van der Waals surface area contributed by atoms with Gasteiger partial charge in [0.25, 0.3) is 0 Å². The molecule has 0 unspecified atom stereocenters. The topological polar surface area (TPSA) is 74.6 Å². The van der Waals surface area contributed by atoms with E-state index in [2.05, 4.69) is 20.8 Å². The van der Waals surface area contributed by atoms with E-state index in [1.807, 2.05) is 0 Å². The zero-order chi connectivity index (χ0) is 14.1. The maximum absolute atomic E-state index is 11.5. The number of hydrogen-bond donors (Lipinski definition) is 2. The van der Waals surface area contributed by atoms with Gasteiger partial charge in [-0.15, -0.1) is 0 Å². The van der Waals surface area contributed by atoms with Gasteiger partial charge in [-0.25, -0.2) is 0 Å². The summed E-state index contributed by atoms with van der Waals surface area (Å²) in [4.78, 5) is 22.9. The second-order valence-corrected chi connectivity index (χ2v) is 6.25. The van der Waals surface area contributed by atoms with E-state index in [-0.39, 0.29) is 11.8 Å². The van der Waals surface area contributed by atoms with Gasteiger partial charge in [0.1, 0.15) is 0 Å². The number of rotatable bonds is 4. The summed E-state index contributed by atoms with van der Waals surface area (Å²) >= 11 is 0. The Morgan fingerprint density at radius 2 is 1.67 bits per heavy atom. The monoisotopic (exact) mass is 256 g/mol. The van der Waals surface area contributed by atoms with E-state index in [4.69, 9.17) is 0 Å². The van der Waals surface area contributed by atoms with Gasteiger partial charge in [-0.1, -0.05) is 27.2 Å². The van der Waals surface area contributed by atoms with Gasteiger partial charge in [0.2, 0.25) is 0 Å². The molecular weight excluding hydrogens is 232 g/mol. The largest absolute Gasteiger partial charge is 0.480 e. The van der Waals surface area contributed by atoms with Gasteiger partial charge in [-0.05, 0) is 43.4 Å². The van der Waals surface area contributed by atoms with Crippen molar-refractivity contribution >= 4 is 11.9 Å². The number of carboxylic acids is 2.